The molecule has 1 N–H and O–H groups in total. The summed E-state index contributed by atoms with van der Waals surface area (Å²) in [5, 5.41) is 9.31. The summed E-state index contributed by atoms with van der Waals surface area (Å²) in [7, 11) is 0. The zero-order valence-corrected chi connectivity index (χ0v) is 10.5. The Balaban J connectivity index is 2.12. The molecule has 2 rings (SSSR count). The number of aliphatic carboxylic acids is 1. The number of carbonyl (C=O) groups excluding carboxylic acids is 1. The fraction of sp³-hybridized carbons (Fsp3) is 0.455. The number of aromatic nitrogens is 2. The first-order valence-electron chi connectivity index (χ1n) is 5.42. The van der Waals surface area contributed by atoms with Crippen LogP contribution in [0.1, 0.15) is 23.8 Å². The predicted octanol–water partition coefficient (Wildman–Crippen LogP) is 1.07. The lowest BCUT2D eigenvalue weighted by molar-refractivity contribution is -0.147. The number of carbonyl (C=O) groups is 2. The van der Waals surface area contributed by atoms with E-state index in [0.717, 1.165) is 0 Å². The van der Waals surface area contributed by atoms with Crippen LogP contribution in [0.2, 0.25) is 5.15 Å². The molecule has 1 atom stereocenters. The van der Waals surface area contributed by atoms with Crippen LogP contribution in [-0.4, -0.2) is 44.9 Å². The van der Waals surface area contributed by atoms with Crippen LogP contribution in [0, 0.1) is 5.41 Å². The number of likely N-dealkylation sites (tertiary alicyclic amines) is 1. The maximum Gasteiger partial charge on any atom is 0.311 e. The fourth-order valence-corrected chi connectivity index (χ4v) is 1.99. The van der Waals surface area contributed by atoms with Crippen molar-refractivity contribution in [3.8, 4) is 0 Å². The second kappa shape index (κ2) is 4.53. The van der Waals surface area contributed by atoms with E-state index in [1.165, 1.54) is 17.3 Å². The monoisotopic (exact) mass is 269 g/mol. The molecule has 7 heteroatoms. The molecule has 0 saturated carbocycles. The molecule has 1 saturated heterocycles. The zero-order chi connectivity index (χ0) is 13.3. The van der Waals surface area contributed by atoms with E-state index in [0.29, 0.717) is 13.0 Å². The highest BCUT2D eigenvalue weighted by molar-refractivity contribution is 6.29. The summed E-state index contributed by atoms with van der Waals surface area (Å²) in [6.45, 7) is 2.23. The minimum atomic E-state index is -0.889. The summed E-state index contributed by atoms with van der Waals surface area (Å²) in [6, 6.07) is 0. The van der Waals surface area contributed by atoms with Crippen LogP contribution >= 0.6 is 11.6 Å². The van der Waals surface area contributed by atoms with Gasteiger partial charge in [-0.3, -0.25) is 9.59 Å². The highest BCUT2D eigenvalue weighted by atomic mass is 35.5. The molecule has 0 bridgehead atoms. The van der Waals surface area contributed by atoms with Crippen molar-refractivity contribution >= 4 is 23.5 Å². The number of carboxylic acids is 1. The number of halogens is 1. The molecule has 6 nitrogen and oxygen atoms in total. The Morgan fingerprint density at radius 2 is 2.17 bits per heavy atom. The van der Waals surface area contributed by atoms with Gasteiger partial charge in [0, 0.05) is 13.1 Å². The summed E-state index contributed by atoms with van der Waals surface area (Å²) in [4.78, 5) is 32.3. The third-order valence-electron chi connectivity index (χ3n) is 3.12. The van der Waals surface area contributed by atoms with Crippen molar-refractivity contribution in [3.63, 3.8) is 0 Å². The van der Waals surface area contributed by atoms with Gasteiger partial charge in [-0.1, -0.05) is 11.6 Å². The highest BCUT2D eigenvalue weighted by Crippen LogP contribution is 2.30. The van der Waals surface area contributed by atoms with Gasteiger partial charge < -0.3 is 10.0 Å². The van der Waals surface area contributed by atoms with E-state index in [-0.39, 0.29) is 23.3 Å². The van der Waals surface area contributed by atoms with E-state index in [1.54, 1.807) is 6.92 Å². The SMILES string of the molecule is CC1(C(=O)O)CCN(C(=O)c2cnc(Cl)cn2)C1. The Bertz CT molecular complexity index is 491. The highest BCUT2D eigenvalue weighted by Gasteiger charge is 2.42. The van der Waals surface area contributed by atoms with Gasteiger partial charge in [0.15, 0.2) is 0 Å². The third-order valence-corrected chi connectivity index (χ3v) is 3.31. The Hall–Kier alpha value is -1.69. The molecule has 0 aromatic carbocycles. The maximum absolute atomic E-state index is 12.1. The first-order chi connectivity index (χ1) is 8.42. The van der Waals surface area contributed by atoms with Crippen molar-refractivity contribution < 1.29 is 14.7 Å². The molecule has 0 radical (unpaired) electrons. The summed E-state index contributed by atoms with van der Waals surface area (Å²) in [5.41, 5.74) is -0.704. The normalized spacial score (nSPS) is 23.1. The maximum atomic E-state index is 12.1. The Morgan fingerprint density at radius 3 is 2.67 bits per heavy atom. The lowest BCUT2D eigenvalue weighted by Gasteiger charge is -2.19. The van der Waals surface area contributed by atoms with Gasteiger partial charge in [-0.15, -0.1) is 0 Å². The van der Waals surface area contributed by atoms with Crippen molar-refractivity contribution in [3.05, 3.63) is 23.2 Å². The first kappa shape index (κ1) is 12.8. The molecule has 1 aliphatic heterocycles. The van der Waals surface area contributed by atoms with E-state index < -0.39 is 11.4 Å². The number of carboxylic acid groups (broad SMARTS) is 1. The molecule has 1 aliphatic rings. The summed E-state index contributed by atoms with van der Waals surface area (Å²) < 4.78 is 0. The zero-order valence-electron chi connectivity index (χ0n) is 9.76. The minimum Gasteiger partial charge on any atom is -0.481 e. The summed E-state index contributed by atoms with van der Waals surface area (Å²) in [6.07, 6.45) is 3.03. The average molecular weight is 270 g/mol. The molecule has 1 unspecified atom stereocenters. The van der Waals surface area contributed by atoms with E-state index >= 15 is 0 Å². The van der Waals surface area contributed by atoms with Gasteiger partial charge in [0.25, 0.3) is 5.91 Å². The minimum absolute atomic E-state index is 0.175. The van der Waals surface area contributed by atoms with Gasteiger partial charge in [0.2, 0.25) is 0 Å². The number of hydrogen-bond acceptors (Lipinski definition) is 4. The third kappa shape index (κ3) is 2.28. The summed E-state index contributed by atoms with van der Waals surface area (Å²) in [5.74, 6) is -1.20. The molecule has 0 aliphatic carbocycles. The van der Waals surface area contributed by atoms with Crippen molar-refractivity contribution in [2.75, 3.05) is 13.1 Å². The van der Waals surface area contributed by atoms with Crippen LogP contribution in [0.3, 0.4) is 0 Å². The van der Waals surface area contributed by atoms with E-state index in [4.69, 9.17) is 16.7 Å². The van der Waals surface area contributed by atoms with E-state index in [1.807, 2.05) is 0 Å². The lowest BCUT2D eigenvalue weighted by Crippen LogP contribution is -2.35. The fourth-order valence-electron chi connectivity index (χ4n) is 1.89. The van der Waals surface area contributed by atoms with Gasteiger partial charge in [-0.05, 0) is 13.3 Å². The van der Waals surface area contributed by atoms with Crippen LogP contribution in [-0.2, 0) is 4.79 Å². The van der Waals surface area contributed by atoms with Gasteiger partial charge in [-0.2, -0.15) is 0 Å². The van der Waals surface area contributed by atoms with Gasteiger partial charge in [0.1, 0.15) is 10.8 Å². The van der Waals surface area contributed by atoms with Gasteiger partial charge in [-0.25, -0.2) is 9.97 Å². The molecule has 1 fully saturated rings. The van der Waals surface area contributed by atoms with Gasteiger partial charge >= 0.3 is 5.97 Å². The smallest absolute Gasteiger partial charge is 0.311 e. The van der Waals surface area contributed by atoms with Crippen molar-refractivity contribution in [2.45, 2.75) is 13.3 Å². The first-order valence-corrected chi connectivity index (χ1v) is 5.80. The van der Waals surface area contributed by atoms with Crippen molar-refractivity contribution in [2.24, 2.45) is 5.41 Å². The second-order valence-electron chi connectivity index (χ2n) is 4.57. The topological polar surface area (TPSA) is 83.4 Å². The molecular formula is C11H12ClN3O3. The standard InChI is InChI=1S/C11H12ClN3O3/c1-11(10(17)18)2-3-15(6-11)9(16)7-4-14-8(12)5-13-7/h4-5H,2-3,6H2,1H3,(H,17,18). The van der Waals surface area contributed by atoms with E-state index in [2.05, 4.69) is 9.97 Å². The van der Waals surface area contributed by atoms with Crippen LogP contribution in [0.15, 0.2) is 12.4 Å². The second-order valence-corrected chi connectivity index (χ2v) is 4.95. The van der Waals surface area contributed by atoms with Crippen molar-refractivity contribution in [1.82, 2.24) is 14.9 Å². The number of amides is 1. The molecule has 96 valence electrons. The molecular weight excluding hydrogens is 258 g/mol. The van der Waals surface area contributed by atoms with Crippen molar-refractivity contribution in [1.29, 1.82) is 0 Å². The number of rotatable bonds is 2. The number of hydrogen-bond donors (Lipinski definition) is 1. The van der Waals surface area contributed by atoms with Crippen LogP contribution in [0.5, 0.6) is 0 Å². The Morgan fingerprint density at radius 1 is 1.44 bits per heavy atom. The average Bonchev–Trinajstić information content (AvgIpc) is 2.73. The Kier molecular flexibility index (Phi) is 3.21. The predicted molar refractivity (Wildman–Crippen MR) is 63.3 cm³/mol. The molecule has 1 aromatic heterocycles. The molecule has 18 heavy (non-hydrogen) atoms. The molecule has 1 aromatic rings. The lowest BCUT2D eigenvalue weighted by atomic mass is 9.90. The van der Waals surface area contributed by atoms with Gasteiger partial charge in [0.05, 0.1) is 17.8 Å². The molecule has 1 amide bonds. The summed E-state index contributed by atoms with van der Waals surface area (Å²) >= 11 is 5.59. The van der Waals surface area contributed by atoms with Crippen LogP contribution < -0.4 is 0 Å². The largest absolute Gasteiger partial charge is 0.481 e. The van der Waals surface area contributed by atoms with Crippen LogP contribution in [0.4, 0.5) is 0 Å². The van der Waals surface area contributed by atoms with Crippen LogP contribution in [0.25, 0.3) is 0 Å². The molecule has 2 heterocycles. The molecule has 0 spiro atoms. The quantitative estimate of drug-likeness (QED) is 0.868. The number of nitrogens with zero attached hydrogens (tertiary/aromatic N) is 3. The Labute approximate surface area is 109 Å². The van der Waals surface area contributed by atoms with E-state index in [9.17, 15) is 9.59 Å².